The van der Waals surface area contributed by atoms with Gasteiger partial charge in [0.05, 0.1) is 17.7 Å². The van der Waals surface area contributed by atoms with Crippen molar-refractivity contribution in [2.75, 3.05) is 11.8 Å². The number of ether oxygens (including phenoxy) is 1. The van der Waals surface area contributed by atoms with Gasteiger partial charge >= 0.3 is 0 Å². The number of aromatic hydroxyl groups is 1. The summed E-state index contributed by atoms with van der Waals surface area (Å²) in [6.45, 7) is 0. The van der Waals surface area contributed by atoms with Crippen molar-refractivity contribution in [1.29, 1.82) is 0 Å². The van der Waals surface area contributed by atoms with Gasteiger partial charge in [0.1, 0.15) is 11.5 Å². The molecule has 0 aliphatic heterocycles. The largest absolute Gasteiger partial charge is 0.508 e. The molecule has 0 bridgehead atoms. The Morgan fingerprint density at radius 3 is 2.42 bits per heavy atom. The first-order valence-corrected chi connectivity index (χ1v) is 6.95. The van der Waals surface area contributed by atoms with Crippen LogP contribution in [0.25, 0.3) is 0 Å². The predicted octanol–water partition coefficient (Wildman–Crippen LogP) is 2.20. The summed E-state index contributed by atoms with van der Waals surface area (Å²) >= 11 is 0. The monoisotopic (exact) mass is 279 g/mol. The Kier molecular flexibility index (Phi) is 3.62. The van der Waals surface area contributed by atoms with E-state index in [0.29, 0.717) is 11.4 Å². The van der Waals surface area contributed by atoms with E-state index >= 15 is 0 Å². The number of sulfonamides is 1. The Labute approximate surface area is 111 Å². The third-order valence-electron chi connectivity index (χ3n) is 2.47. The molecule has 0 atom stereocenters. The van der Waals surface area contributed by atoms with Gasteiger partial charge in [-0.1, -0.05) is 6.07 Å². The molecule has 0 fully saturated rings. The van der Waals surface area contributed by atoms with Crippen molar-refractivity contribution < 1.29 is 18.3 Å². The van der Waals surface area contributed by atoms with Crippen LogP contribution < -0.4 is 9.46 Å². The zero-order valence-electron chi connectivity index (χ0n) is 10.2. The molecular formula is C13H13NO4S. The van der Waals surface area contributed by atoms with E-state index in [9.17, 15) is 8.42 Å². The summed E-state index contributed by atoms with van der Waals surface area (Å²) in [7, 11) is -2.16. The SMILES string of the molecule is COc1cccc(NS(=O)(=O)c2ccc(O)cc2)c1. The van der Waals surface area contributed by atoms with Gasteiger partial charge in [0, 0.05) is 6.07 Å². The van der Waals surface area contributed by atoms with Crippen LogP contribution >= 0.6 is 0 Å². The molecule has 0 unspecified atom stereocenters. The summed E-state index contributed by atoms with van der Waals surface area (Å²) in [5.41, 5.74) is 0.410. The van der Waals surface area contributed by atoms with E-state index < -0.39 is 10.0 Å². The Morgan fingerprint density at radius 2 is 1.79 bits per heavy atom. The number of methoxy groups -OCH3 is 1. The molecule has 2 N–H and O–H groups in total. The topological polar surface area (TPSA) is 75.6 Å². The first-order valence-electron chi connectivity index (χ1n) is 5.47. The smallest absolute Gasteiger partial charge is 0.261 e. The Morgan fingerprint density at radius 1 is 1.11 bits per heavy atom. The van der Waals surface area contributed by atoms with E-state index in [1.54, 1.807) is 24.3 Å². The van der Waals surface area contributed by atoms with Crippen molar-refractivity contribution in [1.82, 2.24) is 0 Å². The highest BCUT2D eigenvalue weighted by Crippen LogP contribution is 2.21. The van der Waals surface area contributed by atoms with E-state index in [4.69, 9.17) is 9.84 Å². The number of nitrogens with one attached hydrogen (secondary N) is 1. The van der Waals surface area contributed by atoms with E-state index in [1.165, 1.54) is 31.4 Å². The van der Waals surface area contributed by atoms with Gasteiger partial charge in [0.15, 0.2) is 0 Å². The van der Waals surface area contributed by atoms with Crippen LogP contribution in [0.5, 0.6) is 11.5 Å². The molecule has 0 aliphatic rings. The van der Waals surface area contributed by atoms with Gasteiger partial charge < -0.3 is 9.84 Å². The van der Waals surface area contributed by atoms with Crippen molar-refractivity contribution in [2.24, 2.45) is 0 Å². The average molecular weight is 279 g/mol. The van der Waals surface area contributed by atoms with Crippen molar-refractivity contribution in [3.05, 3.63) is 48.5 Å². The van der Waals surface area contributed by atoms with Crippen LogP contribution in [0.1, 0.15) is 0 Å². The van der Waals surface area contributed by atoms with Crippen molar-refractivity contribution in [3.63, 3.8) is 0 Å². The van der Waals surface area contributed by atoms with Crippen LogP contribution in [0.15, 0.2) is 53.4 Å². The molecule has 5 nitrogen and oxygen atoms in total. The van der Waals surface area contributed by atoms with Gasteiger partial charge in [-0.2, -0.15) is 0 Å². The number of anilines is 1. The highest BCUT2D eigenvalue weighted by Gasteiger charge is 2.14. The number of phenols is 1. The lowest BCUT2D eigenvalue weighted by Gasteiger charge is -2.09. The van der Waals surface area contributed by atoms with E-state index in [1.807, 2.05) is 0 Å². The fourth-order valence-electron chi connectivity index (χ4n) is 1.53. The van der Waals surface area contributed by atoms with E-state index in [2.05, 4.69) is 4.72 Å². The number of hydrogen-bond acceptors (Lipinski definition) is 4. The van der Waals surface area contributed by atoms with Crippen LogP contribution in [-0.2, 0) is 10.0 Å². The van der Waals surface area contributed by atoms with Crippen LogP contribution in [0.2, 0.25) is 0 Å². The minimum Gasteiger partial charge on any atom is -0.508 e. The van der Waals surface area contributed by atoms with Gasteiger partial charge in [-0.05, 0) is 36.4 Å². The highest BCUT2D eigenvalue weighted by atomic mass is 32.2. The highest BCUT2D eigenvalue weighted by molar-refractivity contribution is 7.92. The maximum atomic E-state index is 12.1. The molecule has 0 heterocycles. The molecule has 100 valence electrons. The molecule has 0 saturated carbocycles. The second-order valence-electron chi connectivity index (χ2n) is 3.83. The van der Waals surface area contributed by atoms with Crippen LogP contribution in [0.3, 0.4) is 0 Å². The lowest BCUT2D eigenvalue weighted by Crippen LogP contribution is -2.12. The fourth-order valence-corrected chi connectivity index (χ4v) is 2.58. The normalized spacial score (nSPS) is 11.0. The van der Waals surface area contributed by atoms with Crippen LogP contribution in [-0.4, -0.2) is 20.6 Å². The van der Waals surface area contributed by atoms with Crippen molar-refractivity contribution in [2.45, 2.75) is 4.90 Å². The first-order chi connectivity index (χ1) is 9.01. The zero-order valence-corrected chi connectivity index (χ0v) is 11.0. The molecule has 2 rings (SSSR count). The van der Waals surface area contributed by atoms with E-state index in [-0.39, 0.29) is 10.6 Å². The molecule has 0 spiro atoms. The van der Waals surface area contributed by atoms with Crippen LogP contribution in [0.4, 0.5) is 5.69 Å². The molecule has 0 amide bonds. The Bertz CT molecular complexity index is 665. The average Bonchev–Trinajstić information content (AvgIpc) is 2.39. The minimum atomic E-state index is -3.67. The summed E-state index contributed by atoms with van der Waals surface area (Å²) in [5.74, 6) is 0.575. The molecule has 0 aromatic heterocycles. The lowest BCUT2D eigenvalue weighted by molar-refractivity contribution is 0.415. The van der Waals surface area contributed by atoms with Gasteiger partial charge in [-0.25, -0.2) is 8.42 Å². The fraction of sp³-hybridized carbons (Fsp3) is 0.0769. The number of benzene rings is 2. The zero-order chi connectivity index (χ0) is 13.9. The van der Waals surface area contributed by atoms with Gasteiger partial charge in [0.25, 0.3) is 10.0 Å². The molecule has 2 aromatic rings. The Hall–Kier alpha value is -2.21. The minimum absolute atomic E-state index is 0.0142. The molecule has 0 saturated heterocycles. The van der Waals surface area contributed by atoms with Gasteiger partial charge in [-0.15, -0.1) is 0 Å². The maximum Gasteiger partial charge on any atom is 0.261 e. The maximum absolute atomic E-state index is 12.1. The van der Waals surface area contributed by atoms with Gasteiger partial charge in [0.2, 0.25) is 0 Å². The van der Waals surface area contributed by atoms with Crippen LogP contribution in [0, 0.1) is 0 Å². The molecular weight excluding hydrogens is 266 g/mol. The second kappa shape index (κ2) is 5.19. The van der Waals surface area contributed by atoms with Crippen molar-refractivity contribution in [3.8, 4) is 11.5 Å². The number of hydrogen-bond donors (Lipinski definition) is 2. The third-order valence-corrected chi connectivity index (χ3v) is 3.87. The summed E-state index contributed by atoms with van der Waals surface area (Å²) in [5, 5.41) is 9.15. The first kappa shape index (κ1) is 13.2. The standard InChI is InChI=1S/C13H13NO4S/c1-18-12-4-2-3-10(9-12)14-19(16,17)13-7-5-11(15)6-8-13/h2-9,14-15H,1H3. The summed E-state index contributed by atoms with van der Waals surface area (Å²) in [6, 6.07) is 11.9. The molecule has 0 radical (unpaired) electrons. The third kappa shape index (κ3) is 3.17. The lowest BCUT2D eigenvalue weighted by atomic mass is 10.3. The number of rotatable bonds is 4. The summed E-state index contributed by atoms with van der Waals surface area (Å²) in [4.78, 5) is 0.0770. The molecule has 6 heteroatoms. The quantitative estimate of drug-likeness (QED) is 0.899. The summed E-state index contributed by atoms with van der Waals surface area (Å²) < 4.78 is 31.6. The Balaban J connectivity index is 2.28. The number of phenolic OH excluding ortho intramolecular Hbond substituents is 1. The molecule has 2 aromatic carbocycles. The van der Waals surface area contributed by atoms with Gasteiger partial charge in [-0.3, -0.25) is 4.72 Å². The molecule has 0 aliphatic carbocycles. The van der Waals surface area contributed by atoms with E-state index in [0.717, 1.165) is 0 Å². The molecule has 19 heavy (non-hydrogen) atoms. The predicted molar refractivity (Wildman–Crippen MR) is 71.9 cm³/mol. The summed E-state index contributed by atoms with van der Waals surface area (Å²) in [6.07, 6.45) is 0. The van der Waals surface area contributed by atoms with Crippen molar-refractivity contribution >= 4 is 15.7 Å². The second-order valence-corrected chi connectivity index (χ2v) is 5.51.